The van der Waals surface area contributed by atoms with E-state index in [4.69, 9.17) is 4.74 Å². The van der Waals surface area contributed by atoms with Crippen LogP contribution in [0.1, 0.15) is 50.7 Å². The molecule has 32 heavy (non-hydrogen) atoms. The van der Waals surface area contributed by atoms with Crippen LogP contribution in [0.5, 0.6) is 0 Å². The molecule has 1 aliphatic carbocycles. The van der Waals surface area contributed by atoms with Gasteiger partial charge in [-0.25, -0.2) is 9.59 Å². The molecule has 0 heterocycles. The summed E-state index contributed by atoms with van der Waals surface area (Å²) in [6, 6.07) is 14.2. The summed E-state index contributed by atoms with van der Waals surface area (Å²) in [5.41, 5.74) is 4.47. The van der Waals surface area contributed by atoms with E-state index in [1.165, 1.54) is 0 Å². The quantitative estimate of drug-likeness (QED) is 0.550. The maximum atomic E-state index is 12.6. The van der Waals surface area contributed by atoms with Crippen molar-refractivity contribution in [1.29, 1.82) is 0 Å². The van der Waals surface area contributed by atoms with E-state index in [0.29, 0.717) is 12.8 Å². The molecule has 1 unspecified atom stereocenters. The lowest BCUT2D eigenvalue weighted by Gasteiger charge is -2.23. The maximum absolute atomic E-state index is 12.6. The van der Waals surface area contributed by atoms with Gasteiger partial charge in [0.25, 0.3) is 0 Å². The topological polar surface area (TPSA) is 105 Å². The summed E-state index contributed by atoms with van der Waals surface area (Å²) in [4.78, 5) is 36.6. The minimum Gasteiger partial charge on any atom is -0.480 e. The highest BCUT2D eigenvalue weighted by Gasteiger charge is 2.31. The number of aliphatic carboxylic acids is 1. The lowest BCUT2D eigenvalue weighted by atomic mass is 9.98. The molecule has 2 amide bonds. The summed E-state index contributed by atoms with van der Waals surface area (Å²) in [6.07, 6.45) is 0.318. The van der Waals surface area contributed by atoms with E-state index in [9.17, 15) is 19.5 Å². The largest absolute Gasteiger partial charge is 0.480 e. The van der Waals surface area contributed by atoms with E-state index in [1.807, 2.05) is 43.3 Å². The second-order valence-corrected chi connectivity index (χ2v) is 8.38. The number of hydrogen-bond acceptors (Lipinski definition) is 4. The van der Waals surface area contributed by atoms with Gasteiger partial charge in [-0.15, -0.1) is 0 Å². The van der Waals surface area contributed by atoms with Crippen molar-refractivity contribution in [2.45, 2.75) is 51.6 Å². The molecule has 0 spiro atoms. The molecule has 3 N–H and O–H groups in total. The van der Waals surface area contributed by atoms with Crippen molar-refractivity contribution in [2.24, 2.45) is 5.92 Å². The fourth-order valence-corrected chi connectivity index (χ4v) is 4.11. The lowest BCUT2D eigenvalue weighted by Crippen LogP contribution is -2.53. The van der Waals surface area contributed by atoms with Gasteiger partial charge in [0.1, 0.15) is 18.7 Å². The van der Waals surface area contributed by atoms with Crippen LogP contribution in [0.25, 0.3) is 11.1 Å². The van der Waals surface area contributed by atoms with Gasteiger partial charge in [0.15, 0.2) is 0 Å². The molecule has 1 aliphatic rings. The van der Waals surface area contributed by atoms with Gasteiger partial charge in [-0.2, -0.15) is 0 Å². The van der Waals surface area contributed by atoms with Crippen molar-refractivity contribution in [1.82, 2.24) is 10.6 Å². The van der Waals surface area contributed by atoms with E-state index in [2.05, 4.69) is 22.8 Å². The summed E-state index contributed by atoms with van der Waals surface area (Å²) in [6.45, 7) is 5.46. The first-order chi connectivity index (χ1) is 15.3. The van der Waals surface area contributed by atoms with Crippen molar-refractivity contribution < 1.29 is 24.2 Å². The second kappa shape index (κ2) is 10.3. The van der Waals surface area contributed by atoms with Crippen LogP contribution in [-0.4, -0.2) is 41.8 Å². The molecule has 0 bridgehead atoms. The summed E-state index contributed by atoms with van der Waals surface area (Å²) in [7, 11) is 0. The zero-order chi connectivity index (χ0) is 23.3. The number of carboxylic acids is 1. The molecule has 0 saturated carbocycles. The van der Waals surface area contributed by atoms with Crippen LogP contribution < -0.4 is 10.6 Å². The van der Waals surface area contributed by atoms with E-state index in [0.717, 1.165) is 22.3 Å². The van der Waals surface area contributed by atoms with Crippen molar-refractivity contribution in [3.8, 4) is 11.1 Å². The number of carbonyl (C=O) groups excluding carboxylic acids is 2. The van der Waals surface area contributed by atoms with E-state index in [1.54, 1.807) is 13.8 Å². The Kier molecular flexibility index (Phi) is 7.51. The van der Waals surface area contributed by atoms with E-state index < -0.39 is 30.1 Å². The third kappa shape index (κ3) is 5.10. The van der Waals surface area contributed by atoms with Crippen molar-refractivity contribution in [3.63, 3.8) is 0 Å². The second-order valence-electron chi connectivity index (χ2n) is 8.38. The Labute approximate surface area is 188 Å². The van der Waals surface area contributed by atoms with Gasteiger partial charge >= 0.3 is 12.1 Å². The van der Waals surface area contributed by atoms with Crippen molar-refractivity contribution >= 4 is 18.0 Å². The average Bonchev–Trinajstić information content (AvgIpc) is 3.09. The maximum Gasteiger partial charge on any atom is 0.407 e. The van der Waals surface area contributed by atoms with Gasteiger partial charge < -0.3 is 20.5 Å². The Morgan fingerprint density at radius 2 is 1.53 bits per heavy atom. The number of carboxylic acid groups (broad SMARTS) is 1. The predicted molar refractivity (Wildman–Crippen MR) is 121 cm³/mol. The highest BCUT2D eigenvalue weighted by atomic mass is 16.5. The first kappa shape index (κ1) is 23.3. The van der Waals surface area contributed by atoms with E-state index >= 15 is 0 Å². The monoisotopic (exact) mass is 438 g/mol. The number of rotatable bonds is 9. The number of ether oxygens (including phenoxy) is 1. The smallest absolute Gasteiger partial charge is 0.407 e. The van der Waals surface area contributed by atoms with Crippen LogP contribution in [0.2, 0.25) is 0 Å². The van der Waals surface area contributed by atoms with Gasteiger partial charge in [-0.1, -0.05) is 75.7 Å². The predicted octanol–water partition coefficient (Wildman–Crippen LogP) is 3.92. The summed E-state index contributed by atoms with van der Waals surface area (Å²) >= 11 is 0. The van der Waals surface area contributed by atoms with Crippen LogP contribution in [0, 0.1) is 5.92 Å². The van der Waals surface area contributed by atoms with Crippen molar-refractivity contribution in [3.05, 3.63) is 59.7 Å². The Bertz CT molecular complexity index is 942. The average molecular weight is 439 g/mol. The van der Waals surface area contributed by atoms with Gasteiger partial charge in [-0.3, -0.25) is 4.79 Å². The molecule has 0 aliphatic heterocycles. The van der Waals surface area contributed by atoms with Crippen molar-refractivity contribution in [2.75, 3.05) is 6.61 Å². The van der Waals surface area contributed by atoms with Crippen LogP contribution >= 0.6 is 0 Å². The van der Waals surface area contributed by atoms with Gasteiger partial charge in [0, 0.05) is 5.92 Å². The Morgan fingerprint density at radius 3 is 2.03 bits per heavy atom. The molecule has 7 heteroatoms. The SMILES string of the molecule is CCC[C@H](NC(=O)OCC1c2ccccc2-c2ccccc21)C(=O)NC(C(=O)O)C(C)C. The fraction of sp³-hybridized carbons (Fsp3) is 0.400. The Morgan fingerprint density at radius 1 is 0.969 bits per heavy atom. The number of carbonyl (C=O) groups is 3. The number of amides is 2. The molecule has 0 saturated heterocycles. The molecule has 7 nitrogen and oxygen atoms in total. The third-order valence-electron chi connectivity index (χ3n) is 5.76. The molecule has 2 aromatic rings. The molecular weight excluding hydrogens is 408 g/mol. The summed E-state index contributed by atoms with van der Waals surface area (Å²) in [5, 5.41) is 14.5. The lowest BCUT2D eigenvalue weighted by molar-refractivity contribution is -0.143. The fourth-order valence-electron chi connectivity index (χ4n) is 4.11. The highest BCUT2D eigenvalue weighted by molar-refractivity contribution is 5.89. The standard InChI is InChI=1S/C25H30N2O5/c1-4-9-21(23(28)27-22(15(2)3)24(29)30)26-25(31)32-14-20-18-12-7-5-10-16(18)17-11-6-8-13-19(17)20/h5-8,10-13,15,20-22H,4,9,14H2,1-3H3,(H,26,31)(H,27,28)(H,29,30)/t21-,22?/m0/s1. The number of alkyl carbamates (subject to hydrolysis) is 1. The first-order valence-corrected chi connectivity index (χ1v) is 11.0. The Hall–Kier alpha value is -3.35. The number of nitrogens with one attached hydrogen (secondary N) is 2. The van der Waals surface area contributed by atoms with Crippen LogP contribution in [0.3, 0.4) is 0 Å². The molecule has 0 aromatic heterocycles. The molecule has 170 valence electrons. The normalized spacial score (nSPS) is 14.2. The highest BCUT2D eigenvalue weighted by Crippen LogP contribution is 2.44. The summed E-state index contributed by atoms with van der Waals surface area (Å²) in [5.74, 6) is -2.00. The minimum atomic E-state index is -1.11. The molecule has 3 rings (SSSR count). The Balaban J connectivity index is 1.65. The minimum absolute atomic E-state index is 0.0797. The molecular formula is C25H30N2O5. The molecule has 2 aromatic carbocycles. The van der Waals surface area contributed by atoms with E-state index in [-0.39, 0.29) is 18.4 Å². The summed E-state index contributed by atoms with van der Waals surface area (Å²) < 4.78 is 5.52. The molecule has 0 fully saturated rings. The van der Waals surface area contributed by atoms with Gasteiger partial charge in [0.2, 0.25) is 5.91 Å². The van der Waals surface area contributed by atoms with Gasteiger partial charge in [-0.05, 0) is 34.6 Å². The number of benzene rings is 2. The van der Waals surface area contributed by atoms with Crippen LogP contribution in [0.15, 0.2) is 48.5 Å². The molecule has 0 radical (unpaired) electrons. The number of hydrogen-bond donors (Lipinski definition) is 3. The van der Waals surface area contributed by atoms with Crippen LogP contribution in [-0.2, 0) is 14.3 Å². The number of fused-ring (bicyclic) bond motifs is 3. The first-order valence-electron chi connectivity index (χ1n) is 11.0. The molecule has 2 atom stereocenters. The van der Waals surface area contributed by atoms with Crippen LogP contribution in [0.4, 0.5) is 4.79 Å². The zero-order valence-corrected chi connectivity index (χ0v) is 18.6. The zero-order valence-electron chi connectivity index (χ0n) is 18.6. The van der Waals surface area contributed by atoms with Gasteiger partial charge in [0.05, 0.1) is 0 Å². The third-order valence-corrected chi connectivity index (χ3v) is 5.76.